The minimum Gasteiger partial charge on any atom is -0.493 e. The number of nitrogens with zero attached hydrogens (tertiary/aromatic N) is 1. The quantitative estimate of drug-likeness (QED) is 0.527. The fourth-order valence-electron chi connectivity index (χ4n) is 4.11. The molecule has 4 rings (SSSR count). The highest BCUT2D eigenvalue weighted by Gasteiger charge is 2.23. The van der Waals surface area contributed by atoms with E-state index in [-0.39, 0.29) is 5.63 Å². The molecule has 7 heteroatoms. The summed E-state index contributed by atoms with van der Waals surface area (Å²) in [5.74, 6) is 2.53. The van der Waals surface area contributed by atoms with Crippen LogP contribution in [-0.4, -0.2) is 33.0 Å². The lowest BCUT2D eigenvalue weighted by atomic mass is 10.0. The summed E-state index contributed by atoms with van der Waals surface area (Å²) in [5, 5.41) is 0.971. The Kier molecular flexibility index (Phi) is 6.04. The summed E-state index contributed by atoms with van der Waals surface area (Å²) in [6, 6.07) is 9.40. The topological polar surface area (TPSA) is 70.4 Å². The van der Waals surface area contributed by atoms with Crippen molar-refractivity contribution in [3.8, 4) is 23.0 Å². The van der Waals surface area contributed by atoms with Gasteiger partial charge in [-0.1, -0.05) is 13.3 Å². The fourth-order valence-corrected chi connectivity index (χ4v) is 4.11. The van der Waals surface area contributed by atoms with Gasteiger partial charge in [0.1, 0.15) is 18.1 Å². The molecule has 3 aromatic rings. The molecule has 1 aliphatic heterocycles. The Morgan fingerprint density at radius 3 is 2.42 bits per heavy atom. The van der Waals surface area contributed by atoms with Crippen molar-refractivity contribution in [3.05, 3.63) is 57.4 Å². The van der Waals surface area contributed by atoms with Gasteiger partial charge in [-0.15, -0.1) is 0 Å². The smallest absolute Gasteiger partial charge is 0.336 e. The molecule has 0 bridgehead atoms. The molecule has 0 saturated heterocycles. The van der Waals surface area contributed by atoms with Gasteiger partial charge in [0.05, 0.1) is 26.9 Å². The first kappa shape index (κ1) is 21.1. The van der Waals surface area contributed by atoms with Crippen molar-refractivity contribution in [2.45, 2.75) is 32.9 Å². The van der Waals surface area contributed by atoms with Crippen LogP contribution in [-0.2, 0) is 19.5 Å². The monoisotopic (exact) mass is 425 g/mol. The first-order valence-corrected chi connectivity index (χ1v) is 10.3. The van der Waals surface area contributed by atoms with Gasteiger partial charge in [-0.05, 0) is 41.8 Å². The maximum atomic E-state index is 12.2. The van der Waals surface area contributed by atoms with Crippen molar-refractivity contribution < 1.29 is 23.4 Å². The minimum absolute atomic E-state index is 0.328. The zero-order valence-electron chi connectivity index (χ0n) is 18.3. The van der Waals surface area contributed by atoms with Gasteiger partial charge in [-0.3, -0.25) is 4.90 Å². The van der Waals surface area contributed by atoms with E-state index in [0.29, 0.717) is 42.7 Å². The molecule has 0 atom stereocenters. The normalized spacial score (nSPS) is 13.5. The Morgan fingerprint density at radius 1 is 1.03 bits per heavy atom. The van der Waals surface area contributed by atoms with Gasteiger partial charge in [0.2, 0.25) is 5.75 Å². The molecular weight excluding hydrogens is 398 g/mol. The van der Waals surface area contributed by atoms with E-state index >= 15 is 0 Å². The zero-order valence-corrected chi connectivity index (χ0v) is 18.3. The van der Waals surface area contributed by atoms with Crippen LogP contribution in [0.25, 0.3) is 11.0 Å². The molecule has 2 aromatic carbocycles. The second-order valence-electron chi connectivity index (χ2n) is 7.55. The van der Waals surface area contributed by atoms with E-state index in [2.05, 4.69) is 11.8 Å². The first-order chi connectivity index (χ1) is 15.1. The van der Waals surface area contributed by atoms with Crippen molar-refractivity contribution in [2.75, 3.05) is 28.1 Å². The highest BCUT2D eigenvalue weighted by Crippen LogP contribution is 2.39. The van der Waals surface area contributed by atoms with Gasteiger partial charge in [0.15, 0.2) is 11.5 Å². The molecule has 0 saturated carbocycles. The van der Waals surface area contributed by atoms with Crippen LogP contribution in [0.4, 0.5) is 0 Å². The predicted octanol–water partition coefficient (Wildman–Crippen LogP) is 4.12. The molecule has 0 N–H and O–H groups in total. The van der Waals surface area contributed by atoms with Crippen LogP contribution in [0, 0.1) is 0 Å². The van der Waals surface area contributed by atoms with Gasteiger partial charge in [0.25, 0.3) is 0 Å². The summed E-state index contributed by atoms with van der Waals surface area (Å²) < 4.78 is 28.0. The van der Waals surface area contributed by atoms with Crippen LogP contribution in [0.15, 0.2) is 39.5 Å². The van der Waals surface area contributed by atoms with Crippen LogP contribution in [0.2, 0.25) is 0 Å². The van der Waals surface area contributed by atoms with Crippen molar-refractivity contribution in [2.24, 2.45) is 0 Å². The molecule has 2 heterocycles. The lowest BCUT2D eigenvalue weighted by molar-refractivity contribution is 0.0888. The Balaban J connectivity index is 1.68. The molecule has 0 spiro atoms. The second-order valence-corrected chi connectivity index (χ2v) is 7.55. The van der Waals surface area contributed by atoms with E-state index in [0.717, 1.165) is 40.7 Å². The summed E-state index contributed by atoms with van der Waals surface area (Å²) in [5.41, 5.74) is 3.19. The molecule has 31 heavy (non-hydrogen) atoms. The molecule has 0 amide bonds. The van der Waals surface area contributed by atoms with E-state index < -0.39 is 0 Å². The molecule has 1 aromatic heterocycles. The number of ether oxygens (including phenoxy) is 4. The summed E-state index contributed by atoms with van der Waals surface area (Å²) in [6.07, 6.45) is 1.79. The Morgan fingerprint density at radius 2 is 1.77 bits per heavy atom. The summed E-state index contributed by atoms with van der Waals surface area (Å²) in [6.45, 7) is 3.72. The van der Waals surface area contributed by atoms with Gasteiger partial charge in [0, 0.05) is 24.5 Å². The van der Waals surface area contributed by atoms with Crippen LogP contribution >= 0.6 is 0 Å². The zero-order chi connectivity index (χ0) is 22.0. The minimum atomic E-state index is -0.328. The molecule has 7 nitrogen and oxygen atoms in total. The molecule has 164 valence electrons. The van der Waals surface area contributed by atoms with E-state index in [1.165, 1.54) is 0 Å². The number of rotatable bonds is 7. The third-order valence-electron chi connectivity index (χ3n) is 5.49. The highest BCUT2D eigenvalue weighted by atomic mass is 16.5. The van der Waals surface area contributed by atoms with E-state index in [9.17, 15) is 4.79 Å². The summed E-state index contributed by atoms with van der Waals surface area (Å²) in [7, 11) is 4.79. The van der Waals surface area contributed by atoms with Crippen molar-refractivity contribution in [3.63, 3.8) is 0 Å². The molecule has 0 fully saturated rings. The number of hydrogen-bond acceptors (Lipinski definition) is 7. The lowest BCUT2D eigenvalue weighted by Crippen LogP contribution is -2.31. The van der Waals surface area contributed by atoms with Gasteiger partial charge < -0.3 is 23.4 Å². The molecule has 1 aliphatic rings. The largest absolute Gasteiger partial charge is 0.493 e. The summed E-state index contributed by atoms with van der Waals surface area (Å²) in [4.78, 5) is 14.3. The van der Waals surface area contributed by atoms with Crippen molar-refractivity contribution in [1.82, 2.24) is 4.90 Å². The van der Waals surface area contributed by atoms with E-state index in [1.54, 1.807) is 27.4 Å². The van der Waals surface area contributed by atoms with Crippen LogP contribution in [0.1, 0.15) is 30.0 Å². The average Bonchev–Trinajstić information content (AvgIpc) is 2.78. The SMILES string of the molecule is CCCc1cc(=O)oc2c3c(ccc12)OCN(Cc1cc(OC)c(OC)c(OC)c1)C3. The number of fused-ring (bicyclic) bond motifs is 3. The third-order valence-corrected chi connectivity index (χ3v) is 5.49. The van der Waals surface area contributed by atoms with Gasteiger partial charge in [-0.2, -0.15) is 0 Å². The Hall–Kier alpha value is -3.19. The molecule has 0 aliphatic carbocycles. The number of hydrogen-bond donors (Lipinski definition) is 0. The van der Waals surface area contributed by atoms with Gasteiger partial charge >= 0.3 is 5.63 Å². The number of aryl methyl sites for hydroxylation is 1. The maximum absolute atomic E-state index is 12.2. The first-order valence-electron chi connectivity index (χ1n) is 10.3. The average molecular weight is 425 g/mol. The molecule has 0 unspecified atom stereocenters. The van der Waals surface area contributed by atoms with Crippen molar-refractivity contribution in [1.29, 1.82) is 0 Å². The molecule has 0 radical (unpaired) electrons. The van der Waals surface area contributed by atoms with Crippen LogP contribution in [0.3, 0.4) is 0 Å². The van der Waals surface area contributed by atoms with Crippen LogP contribution in [0.5, 0.6) is 23.0 Å². The third kappa shape index (κ3) is 4.05. The number of methoxy groups -OCH3 is 3. The van der Waals surface area contributed by atoms with Crippen LogP contribution < -0.4 is 24.6 Å². The lowest BCUT2D eigenvalue weighted by Gasteiger charge is -2.29. The standard InChI is InChI=1S/C24H27NO6/c1-5-6-16-11-22(26)31-23-17(16)7-8-19-18(23)13-25(14-30-19)12-15-9-20(27-2)24(29-4)21(10-15)28-3/h7-11H,5-6,12-14H2,1-4H3. The fraction of sp³-hybridized carbons (Fsp3) is 0.375. The summed E-state index contributed by atoms with van der Waals surface area (Å²) >= 11 is 0. The second kappa shape index (κ2) is 8.89. The van der Waals surface area contributed by atoms with E-state index in [1.807, 2.05) is 24.3 Å². The number of benzene rings is 2. The molecular formula is C24H27NO6. The Bertz CT molecular complexity index is 1130. The van der Waals surface area contributed by atoms with Gasteiger partial charge in [-0.25, -0.2) is 4.79 Å². The predicted molar refractivity (Wildman–Crippen MR) is 117 cm³/mol. The maximum Gasteiger partial charge on any atom is 0.336 e. The highest BCUT2D eigenvalue weighted by molar-refractivity contribution is 5.85. The van der Waals surface area contributed by atoms with Crippen molar-refractivity contribution >= 4 is 11.0 Å². The van der Waals surface area contributed by atoms with E-state index in [4.69, 9.17) is 23.4 Å². The Labute approximate surface area is 181 Å².